The van der Waals surface area contributed by atoms with Crippen LogP contribution in [0.15, 0.2) is 72.8 Å². The molecular weight excluding hydrogens is 338 g/mol. The van der Waals surface area contributed by atoms with Crippen LogP contribution in [-0.2, 0) is 13.1 Å². The van der Waals surface area contributed by atoms with Crippen LogP contribution in [0, 0.1) is 0 Å². The van der Waals surface area contributed by atoms with Crippen molar-refractivity contribution < 1.29 is 0 Å². The number of rotatable bonds is 15. The van der Waals surface area contributed by atoms with E-state index in [9.17, 15) is 0 Å². The molecule has 1 nitrogen and oxygen atoms in total. The van der Waals surface area contributed by atoms with Gasteiger partial charge in [0.25, 0.3) is 0 Å². The maximum atomic E-state index is 2.60. The van der Waals surface area contributed by atoms with Gasteiger partial charge >= 0.3 is 0 Å². The van der Waals surface area contributed by atoms with Gasteiger partial charge in [-0.2, -0.15) is 0 Å². The molecule has 0 aliphatic rings. The largest absolute Gasteiger partial charge is 0.295 e. The van der Waals surface area contributed by atoms with E-state index in [1.54, 1.807) is 0 Å². The van der Waals surface area contributed by atoms with Gasteiger partial charge in [-0.05, 0) is 43.9 Å². The van der Waals surface area contributed by atoms with Crippen molar-refractivity contribution in [2.75, 3.05) is 6.54 Å². The van der Waals surface area contributed by atoms with E-state index >= 15 is 0 Å². The maximum absolute atomic E-state index is 2.60. The molecule has 0 saturated heterocycles. The van der Waals surface area contributed by atoms with Crippen LogP contribution >= 0.6 is 0 Å². The first kappa shape index (κ1) is 22.4. The van der Waals surface area contributed by atoms with Gasteiger partial charge in [-0.15, -0.1) is 0 Å². The van der Waals surface area contributed by atoms with Crippen molar-refractivity contribution in [1.29, 1.82) is 0 Å². The molecule has 0 amide bonds. The first-order valence-corrected chi connectivity index (χ1v) is 11.3. The Morgan fingerprint density at radius 2 is 1.07 bits per heavy atom. The average Bonchev–Trinajstić information content (AvgIpc) is 2.73. The molecule has 0 radical (unpaired) electrons. The molecule has 0 unspecified atom stereocenters. The summed E-state index contributed by atoms with van der Waals surface area (Å²) in [6.07, 6.45) is 16.7. The first-order valence-electron chi connectivity index (χ1n) is 11.3. The van der Waals surface area contributed by atoms with E-state index in [1.165, 1.54) is 75.5 Å². The molecular formula is C27H39N. The lowest BCUT2D eigenvalue weighted by molar-refractivity contribution is 0.250. The molecule has 2 aromatic rings. The lowest BCUT2D eigenvalue weighted by atomic mass is 10.1. The molecule has 0 bridgehead atoms. The standard InChI is InChI=1S/C27H39N/c1-2-3-4-5-6-7-8-9-10-11-18-23-28(24-26-19-14-12-15-20-26)25-27-21-16-13-17-22-27/h2-3,12-17,19-22H,4-11,18,23-25H2,1H3/b3-2+. The van der Waals surface area contributed by atoms with Gasteiger partial charge in [0.15, 0.2) is 0 Å². The molecule has 0 N–H and O–H groups in total. The molecule has 0 heterocycles. The Kier molecular flexibility index (Phi) is 12.1. The summed E-state index contributed by atoms with van der Waals surface area (Å²) in [5, 5.41) is 0. The van der Waals surface area contributed by atoms with Crippen LogP contribution in [0.25, 0.3) is 0 Å². The molecule has 0 atom stereocenters. The average molecular weight is 378 g/mol. The van der Waals surface area contributed by atoms with Crippen LogP contribution in [0.4, 0.5) is 0 Å². The van der Waals surface area contributed by atoms with Crippen LogP contribution < -0.4 is 0 Å². The normalized spacial score (nSPS) is 11.5. The molecule has 28 heavy (non-hydrogen) atoms. The fourth-order valence-electron chi connectivity index (χ4n) is 3.72. The van der Waals surface area contributed by atoms with Crippen molar-refractivity contribution >= 4 is 0 Å². The van der Waals surface area contributed by atoms with Gasteiger partial charge in [-0.25, -0.2) is 0 Å². The van der Waals surface area contributed by atoms with Gasteiger partial charge in [0.2, 0.25) is 0 Å². The Morgan fingerprint density at radius 1 is 0.607 bits per heavy atom. The van der Waals surface area contributed by atoms with Crippen molar-refractivity contribution in [3.8, 4) is 0 Å². The quantitative estimate of drug-likeness (QED) is 0.226. The summed E-state index contributed by atoms with van der Waals surface area (Å²) >= 11 is 0. The number of nitrogens with zero attached hydrogens (tertiary/aromatic N) is 1. The van der Waals surface area contributed by atoms with Crippen molar-refractivity contribution in [1.82, 2.24) is 4.90 Å². The van der Waals surface area contributed by atoms with Crippen LogP contribution in [0.5, 0.6) is 0 Å². The zero-order chi connectivity index (χ0) is 19.7. The molecule has 1 heteroatoms. The monoisotopic (exact) mass is 377 g/mol. The minimum atomic E-state index is 1.04. The van der Waals surface area contributed by atoms with Crippen LogP contribution in [0.3, 0.4) is 0 Å². The highest BCUT2D eigenvalue weighted by atomic mass is 15.1. The second kappa shape index (κ2) is 15.1. The molecule has 0 spiro atoms. The SMILES string of the molecule is C/C=C/CCCCCCCCCCN(Cc1ccccc1)Cc1ccccc1. The molecule has 2 rings (SSSR count). The lowest BCUT2D eigenvalue weighted by Gasteiger charge is -2.22. The van der Waals surface area contributed by atoms with E-state index in [-0.39, 0.29) is 0 Å². The number of hydrogen-bond acceptors (Lipinski definition) is 1. The number of allylic oxidation sites excluding steroid dienone is 2. The zero-order valence-electron chi connectivity index (χ0n) is 17.9. The van der Waals surface area contributed by atoms with Gasteiger partial charge < -0.3 is 0 Å². The van der Waals surface area contributed by atoms with Crippen LogP contribution in [0.2, 0.25) is 0 Å². The Labute approximate surface area is 173 Å². The zero-order valence-corrected chi connectivity index (χ0v) is 17.9. The maximum Gasteiger partial charge on any atom is 0.0237 e. The van der Waals surface area contributed by atoms with E-state index in [1.807, 2.05) is 0 Å². The van der Waals surface area contributed by atoms with Gasteiger partial charge in [0, 0.05) is 13.1 Å². The third-order valence-electron chi connectivity index (χ3n) is 5.33. The second-order valence-corrected chi connectivity index (χ2v) is 7.87. The summed E-state index contributed by atoms with van der Waals surface area (Å²) in [6, 6.07) is 21.8. The third kappa shape index (κ3) is 10.5. The van der Waals surface area contributed by atoms with E-state index in [0.717, 1.165) is 13.1 Å². The Balaban J connectivity index is 1.63. The number of hydrogen-bond donors (Lipinski definition) is 0. The van der Waals surface area contributed by atoms with Gasteiger partial charge in [-0.3, -0.25) is 4.90 Å². The molecule has 0 aliphatic heterocycles. The van der Waals surface area contributed by atoms with Gasteiger partial charge in [0.05, 0.1) is 0 Å². The van der Waals surface area contributed by atoms with Crippen LogP contribution in [0.1, 0.15) is 75.8 Å². The Morgan fingerprint density at radius 3 is 1.57 bits per heavy atom. The number of unbranched alkanes of at least 4 members (excludes halogenated alkanes) is 8. The van der Waals surface area contributed by atoms with Crippen LogP contribution in [-0.4, -0.2) is 11.4 Å². The Hall–Kier alpha value is -1.86. The summed E-state index contributed by atoms with van der Waals surface area (Å²) in [4.78, 5) is 2.60. The minimum Gasteiger partial charge on any atom is -0.295 e. The third-order valence-corrected chi connectivity index (χ3v) is 5.33. The molecule has 0 saturated carbocycles. The molecule has 2 aromatic carbocycles. The number of benzene rings is 2. The highest BCUT2D eigenvalue weighted by Crippen LogP contribution is 2.14. The van der Waals surface area contributed by atoms with E-state index < -0.39 is 0 Å². The van der Waals surface area contributed by atoms with Crippen molar-refractivity contribution in [3.05, 3.63) is 83.9 Å². The predicted molar refractivity (Wildman–Crippen MR) is 123 cm³/mol. The van der Waals surface area contributed by atoms with E-state index in [4.69, 9.17) is 0 Å². The van der Waals surface area contributed by atoms with Crippen molar-refractivity contribution in [3.63, 3.8) is 0 Å². The van der Waals surface area contributed by atoms with E-state index in [0.29, 0.717) is 0 Å². The lowest BCUT2D eigenvalue weighted by Crippen LogP contribution is -2.24. The van der Waals surface area contributed by atoms with Crippen molar-refractivity contribution in [2.45, 2.75) is 77.8 Å². The van der Waals surface area contributed by atoms with Gasteiger partial charge in [0.1, 0.15) is 0 Å². The fraction of sp³-hybridized carbons (Fsp3) is 0.481. The molecule has 0 aromatic heterocycles. The summed E-state index contributed by atoms with van der Waals surface area (Å²) in [6.45, 7) is 5.39. The summed E-state index contributed by atoms with van der Waals surface area (Å²) in [7, 11) is 0. The summed E-state index contributed by atoms with van der Waals surface area (Å²) in [5.41, 5.74) is 2.83. The smallest absolute Gasteiger partial charge is 0.0237 e. The topological polar surface area (TPSA) is 3.24 Å². The molecule has 0 aliphatic carbocycles. The minimum absolute atomic E-state index is 1.04. The highest BCUT2D eigenvalue weighted by molar-refractivity contribution is 5.17. The first-order chi connectivity index (χ1) is 13.9. The predicted octanol–water partition coefficient (Wildman–Crippen LogP) is 7.78. The summed E-state index contributed by atoms with van der Waals surface area (Å²) < 4.78 is 0. The Bertz CT molecular complexity index is 576. The second-order valence-electron chi connectivity index (χ2n) is 7.87. The van der Waals surface area contributed by atoms with Gasteiger partial charge in [-0.1, -0.05) is 111 Å². The molecule has 0 fully saturated rings. The van der Waals surface area contributed by atoms with Crippen molar-refractivity contribution in [2.24, 2.45) is 0 Å². The van der Waals surface area contributed by atoms with E-state index in [2.05, 4.69) is 84.6 Å². The summed E-state index contributed by atoms with van der Waals surface area (Å²) in [5.74, 6) is 0. The highest BCUT2D eigenvalue weighted by Gasteiger charge is 2.07. The molecule has 152 valence electrons. The fourth-order valence-corrected chi connectivity index (χ4v) is 3.72.